The number of hydrogen-bond acceptors (Lipinski definition) is 6. The number of anilines is 2. The Morgan fingerprint density at radius 3 is 1.24 bits per heavy atom. The number of amides is 2. The SMILES string of the molecule is CCC1=C(C)c2nc1cc1[nH]c(c(C)c1CC)c(-c1ccccc1NC(=O)OCc1ccccc1)c1nc(cc3[nH]c(c(C)c3CC)c2-c2ccccc2NC(=O)OCc2ccccc2)C(CC)=C1C. The van der Waals surface area contributed by atoms with Crippen molar-refractivity contribution in [3.05, 3.63) is 177 Å². The minimum Gasteiger partial charge on any atom is -0.444 e. The molecule has 0 saturated heterocycles. The van der Waals surface area contributed by atoms with Crippen LogP contribution in [-0.4, -0.2) is 32.1 Å². The third-order valence-electron chi connectivity index (χ3n) is 13.8. The Morgan fingerprint density at radius 2 is 0.871 bits per heavy atom. The topological polar surface area (TPSA) is 134 Å². The fourth-order valence-corrected chi connectivity index (χ4v) is 10.2. The highest BCUT2D eigenvalue weighted by Crippen LogP contribution is 2.46. The summed E-state index contributed by atoms with van der Waals surface area (Å²) in [4.78, 5) is 46.2. The van der Waals surface area contributed by atoms with E-state index in [9.17, 15) is 9.59 Å². The molecule has 354 valence electrons. The van der Waals surface area contributed by atoms with E-state index in [0.29, 0.717) is 11.4 Å². The summed E-state index contributed by atoms with van der Waals surface area (Å²) in [5.41, 5.74) is 22.4. The number of aromatic amines is 2. The Hall–Kier alpha value is -7.98. The Balaban J connectivity index is 1.32. The standard InChI is InChI=1S/C60H60N6O4/c1-9-41-35(5)55-53(45-27-19-21-29-47(45)65-59(67)69-33-39-23-15-13-16-24-39)56-37(7)43(11-3)51(63-56)32-52-44(12-4)38(8)58(64-52)54(57-36(6)42(10-2)50(62-57)31-49(41)61-55)46-28-20-22-30-48(46)66-60(68)70-34-40-25-17-14-18-26-40/h13-32,61,64H,9-12,33-34H2,1-8H3,(H,65,67)(H,66,68). The number of rotatable bonds is 12. The predicted octanol–water partition coefficient (Wildman–Crippen LogP) is 15.6. The first-order valence-corrected chi connectivity index (χ1v) is 24.4. The number of aromatic nitrogens is 4. The molecule has 4 N–H and O–H groups in total. The first-order valence-electron chi connectivity index (χ1n) is 24.4. The highest BCUT2D eigenvalue weighted by molar-refractivity contribution is 6.07. The number of ether oxygens (including phenoxy) is 2. The molecule has 4 aromatic carbocycles. The molecule has 5 heterocycles. The molecular weight excluding hydrogens is 869 g/mol. The van der Waals surface area contributed by atoms with Gasteiger partial charge < -0.3 is 19.4 Å². The molecule has 0 radical (unpaired) electrons. The van der Waals surface area contributed by atoms with Gasteiger partial charge in [-0.25, -0.2) is 19.6 Å². The van der Waals surface area contributed by atoms with Gasteiger partial charge in [0.2, 0.25) is 0 Å². The number of para-hydroxylation sites is 2. The van der Waals surface area contributed by atoms with Gasteiger partial charge in [0.25, 0.3) is 0 Å². The summed E-state index contributed by atoms with van der Waals surface area (Å²) < 4.78 is 11.5. The average Bonchev–Trinajstić information content (AvgIpc) is 4.07. The van der Waals surface area contributed by atoms with E-state index in [-0.39, 0.29) is 13.2 Å². The molecule has 70 heavy (non-hydrogen) atoms. The summed E-state index contributed by atoms with van der Waals surface area (Å²) >= 11 is 0. The Morgan fingerprint density at radius 1 is 0.500 bits per heavy atom. The summed E-state index contributed by atoms with van der Waals surface area (Å²) in [5, 5.41) is 6.19. The molecule has 2 amide bonds. The molecule has 0 atom stereocenters. The van der Waals surface area contributed by atoms with Crippen molar-refractivity contribution in [3.63, 3.8) is 0 Å². The van der Waals surface area contributed by atoms with Crippen molar-refractivity contribution in [1.29, 1.82) is 0 Å². The van der Waals surface area contributed by atoms with Gasteiger partial charge in [0, 0.05) is 33.3 Å². The van der Waals surface area contributed by atoms with Crippen LogP contribution in [0.5, 0.6) is 0 Å². The maximum absolute atomic E-state index is 13.6. The lowest BCUT2D eigenvalue weighted by molar-refractivity contribution is 0.154. The number of carbonyl (C=O) groups excluding carboxylic acids is 2. The van der Waals surface area contributed by atoms with Crippen molar-refractivity contribution >= 4 is 67.9 Å². The van der Waals surface area contributed by atoms with E-state index in [4.69, 9.17) is 19.4 Å². The minimum absolute atomic E-state index is 0.144. The van der Waals surface area contributed by atoms with E-state index >= 15 is 0 Å². The van der Waals surface area contributed by atoms with Crippen LogP contribution in [0.25, 0.3) is 66.6 Å². The normalized spacial score (nSPS) is 12.3. The molecule has 0 spiro atoms. The monoisotopic (exact) mass is 928 g/mol. The van der Waals surface area contributed by atoms with Gasteiger partial charge in [-0.2, -0.15) is 0 Å². The molecule has 2 aliphatic heterocycles. The minimum atomic E-state index is -0.546. The van der Waals surface area contributed by atoms with Crippen LogP contribution in [0.3, 0.4) is 0 Å². The second-order valence-electron chi connectivity index (χ2n) is 17.9. The Labute approximate surface area is 410 Å². The Kier molecular flexibility index (Phi) is 13.7. The fourth-order valence-electron chi connectivity index (χ4n) is 10.2. The van der Waals surface area contributed by atoms with Gasteiger partial charge in [-0.1, -0.05) is 125 Å². The Bertz CT molecular complexity index is 3170. The van der Waals surface area contributed by atoms with E-state index in [1.807, 2.05) is 109 Å². The van der Waals surface area contributed by atoms with Crippen LogP contribution in [0.4, 0.5) is 21.0 Å². The van der Waals surface area contributed by atoms with Crippen LogP contribution in [0.2, 0.25) is 0 Å². The maximum Gasteiger partial charge on any atom is 0.411 e. The zero-order valence-electron chi connectivity index (χ0n) is 41.3. The van der Waals surface area contributed by atoms with Crippen LogP contribution >= 0.6 is 0 Å². The van der Waals surface area contributed by atoms with Crippen LogP contribution in [-0.2, 0) is 35.5 Å². The number of hydrogen-bond donors (Lipinski definition) is 4. The van der Waals surface area contributed by atoms with Crippen LogP contribution in [0, 0.1) is 13.8 Å². The summed E-state index contributed by atoms with van der Waals surface area (Å²) in [6, 6.07) is 39.5. The van der Waals surface area contributed by atoms with E-state index in [2.05, 4.69) is 88.1 Å². The van der Waals surface area contributed by atoms with Crippen molar-refractivity contribution in [2.24, 2.45) is 0 Å². The van der Waals surface area contributed by atoms with Gasteiger partial charge in [0.05, 0.1) is 45.2 Å². The third kappa shape index (κ3) is 9.05. The van der Waals surface area contributed by atoms with Crippen molar-refractivity contribution in [1.82, 2.24) is 19.9 Å². The van der Waals surface area contributed by atoms with E-state index in [1.54, 1.807) is 0 Å². The summed E-state index contributed by atoms with van der Waals surface area (Å²) in [6.45, 7) is 17.6. The molecule has 3 aromatic heterocycles. The molecular formula is C60H60N6O4. The molecule has 0 aliphatic carbocycles. The first kappa shape index (κ1) is 47.1. The van der Waals surface area contributed by atoms with Crippen molar-refractivity contribution < 1.29 is 19.1 Å². The van der Waals surface area contributed by atoms with Gasteiger partial charge in [-0.15, -0.1) is 0 Å². The fraction of sp³-hybridized carbons (Fsp3) is 0.233. The lowest BCUT2D eigenvalue weighted by atomic mass is 9.94. The van der Waals surface area contributed by atoms with Gasteiger partial charge in [-0.3, -0.25) is 10.6 Å². The number of benzene rings is 4. The third-order valence-corrected chi connectivity index (χ3v) is 13.8. The highest BCUT2D eigenvalue weighted by atomic mass is 16.6. The second kappa shape index (κ2) is 20.3. The number of aryl methyl sites for hydroxylation is 4. The quantitative estimate of drug-likeness (QED) is 0.0964. The molecule has 8 bridgehead atoms. The molecule has 10 heteroatoms. The summed E-state index contributed by atoms with van der Waals surface area (Å²) in [5.74, 6) is 0. The lowest BCUT2D eigenvalue weighted by Crippen LogP contribution is -2.14. The van der Waals surface area contributed by atoms with Crippen molar-refractivity contribution in [2.45, 2.75) is 94.3 Å². The molecule has 2 aliphatic rings. The predicted molar refractivity (Wildman–Crippen MR) is 286 cm³/mol. The van der Waals surface area contributed by atoms with Crippen LogP contribution in [0.15, 0.2) is 121 Å². The summed E-state index contributed by atoms with van der Waals surface area (Å²) in [7, 11) is 0. The lowest BCUT2D eigenvalue weighted by Gasteiger charge is -2.14. The average molecular weight is 929 g/mol. The first-order chi connectivity index (χ1) is 34.0. The number of fused-ring (bicyclic) bond motifs is 8. The molecule has 0 unspecified atom stereocenters. The van der Waals surface area contributed by atoms with Crippen molar-refractivity contribution in [3.8, 4) is 22.3 Å². The molecule has 7 aromatic rings. The molecule has 9 rings (SSSR count). The van der Waals surface area contributed by atoms with Gasteiger partial charge >= 0.3 is 12.2 Å². The van der Waals surface area contributed by atoms with Gasteiger partial charge in [0.15, 0.2) is 0 Å². The number of H-pyrrole nitrogens is 2. The number of carbonyl (C=O) groups is 2. The summed E-state index contributed by atoms with van der Waals surface area (Å²) in [6.07, 6.45) is 1.92. The molecule has 10 nitrogen and oxygen atoms in total. The van der Waals surface area contributed by atoms with Crippen molar-refractivity contribution in [2.75, 3.05) is 10.6 Å². The van der Waals surface area contributed by atoms with E-state index in [0.717, 1.165) is 148 Å². The maximum atomic E-state index is 13.6. The second-order valence-corrected chi connectivity index (χ2v) is 17.9. The van der Waals surface area contributed by atoms with E-state index in [1.165, 1.54) is 0 Å². The zero-order valence-corrected chi connectivity index (χ0v) is 41.3. The highest BCUT2D eigenvalue weighted by Gasteiger charge is 2.27. The smallest absolute Gasteiger partial charge is 0.411 e. The molecule has 0 fully saturated rings. The largest absolute Gasteiger partial charge is 0.444 e. The van der Waals surface area contributed by atoms with Crippen LogP contribution < -0.4 is 10.6 Å². The van der Waals surface area contributed by atoms with Gasteiger partial charge in [0.1, 0.15) is 13.2 Å². The molecule has 0 saturated carbocycles. The number of nitrogens with zero attached hydrogens (tertiary/aromatic N) is 2. The van der Waals surface area contributed by atoms with E-state index < -0.39 is 12.2 Å². The van der Waals surface area contributed by atoms with Gasteiger partial charge in [-0.05, 0) is 133 Å². The number of nitrogens with one attached hydrogen (secondary N) is 4. The number of allylic oxidation sites excluding steroid dienone is 4. The zero-order chi connectivity index (χ0) is 49.1. The van der Waals surface area contributed by atoms with Crippen LogP contribution in [0.1, 0.15) is 111 Å².